The average molecular weight is 270 g/mol. The zero-order chi connectivity index (χ0) is 13.3. The number of phenolic OH excluding ortho intramolecular Hbond substituents is 1. The van der Waals surface area contributed by atoms with Gasteiger partial charge in [-0.25, -0.2) is 0 Å². The number of aryl methyl sites for hydroxylation is 1. The van der Waals surface area contributed by atoms with E-state index in [0.29, 0.717) is 17.3 Å². The van der Waals surface area contributed by atoms with Crippen LogP contribution in [0.25, 0.3) is 0 Å². The molecule has 100 valence electrons. The molecule has 1 aliphatic carbocycles. The summed E-state index contributed by atoms with van der Waals surface area (Å²) in [4.78, 5) is 0. The molecule has 0 aliphatic heterocycles. The quantitative estimate of drug-likeness (QED) is 0.886. The number of ether oxygens (including phenoxy) is 1. The number of phenols is 1. The highest BCUT2D eigenvalue weighted by molar-refractivity contribution is 6.33. The second-order valence-corrected chi connectivity index (χ2v) is 5.50. The molecule has 1 aromatic rings. The highest BCUT2D eigenvalue weighted by Crippen LogP contribution is 2.49. The van der Waals surface area contributed by atoms with Gasteiger partial charge in [-0.15, -0.1) is 0 Å². The van der Waals surface area contributed by atoms with E-state index in [1.165, 1.54) is 20.0 Å². The molecule has 0 saturated heterocycles. The van der Waals surface area contributed by atoms with E-state index in [4.69, 9.17) is 22.1 Å². The fourth-order valence-corrected chi connectivity index (χ4v) is 3.59. The van der Waals surface area contributed by atoms with Crippen molar-refractivity contribution in [1.29, 1.82) is 0 Å². The van der Waals surface area contributed by atoms with Crippen molar-refractivity contribution in [3.05, 3.63) is 22.2 Å². The molecule has 0 bridgehead atoms. The van der Waals surface area contributed by atoms with Crippen molar-refractivity contribution in [2.75, 3.05) is 13.7 Å². The van der Waals surface area contributed by atoms with Crippen LogP contribution in [0, 0.1) is 6.92 Å². The number of hydrogen-bond acceptors (Lipinski definition) is 3. The average Bonchev–Trinajstić information content (AvgIpc) is 2.83. The molecule has 0 aromatic heterocycles. The van der Waals surface area contributed by atoms with Crippen LogP contribution in [0.2, 0.25) is 5.02 Å². The van der Waals surface area contributed by atoms with Gasteiger partial charge in [0.15, 0.2) is 11.5 Å². The van der Waals surface area contributed by atoms with Gasteiger partial charge in [0.2, 0.25) is 0 Å². The molecule has 0 amide bonds. The molecule has 0 unspecified atom stereocenters. The third kappa shape index (κ3) is 1.95. The first-order chi connectivity index (χ1) is 8.55. The van der Waals surface area contributed by atoms with Crippen LogP contribution in [0.1, 0.15) is 36.8 Å². The Balaban J connectivity index is 2.60. The number of methoxy groups -OCH3 is 1. The highest BCUT2D eigenvalue weighted by atomic mass is 35.5. The Morgan fingerprint density at radius 2 is 2.06 bits per heavy atom. The molecule has 0 spiro atoms. The number of halogens is 1. The lowest BCUT2D eigenvalue weighted by molar-refractivity contribution is 0.369. The maximum atomic E-state index is 10.1. The van der Waals surface area contributed by atoms with Gasteiger partial charge < -0.3 is 15.6 Å². The third-order valence-electron chi connectivity index (χ3n) is 4.10. The molecule has 4 heteroatoms. The topological polar surface area (TPSA) is 55.5 Å². The standard InChI is InChI=1S/C14H20ClNO2/c1-9-7-10(18-2)13(17)12(15)11(9)14(8-16)5-3-4-6-14/h7,17H,3-6,8,16H2,1-2H3. The molecule has 2 rings (SSSR count). The van der Waals surface area contributed by atoms with Gasteiger partial charge in [-0.2, -0.15) is 0 Å². The second kappa shape index (κ2) is 4.98. The van der Waals surface area contributed by atoms with Gasteiger partial charge in [0, 0.05) is 12.0 Å². The van der Waals surface area contributed by atoms with Crippen LogP contribution in [-0.2, 0) is 5.41 Å². The Labute approximate surface area is 113 Å². The number of benzene rings is 1. The Kier molecular flexibility index (Phi) is 3.74. The fourth-order valence-electron chi connectivity index (χ4n) is 3.15. The van der Waals surface area contributed by atoms with Crippen LogP contribution in [0.4, 0.5) is 0 Å². The number of nitrogens with two attached hydrogens (primary N) is 1. The van der Waals surface area contributed by atoms with E-state index in [2.05, 4.69) is 0 Å². The third-order valence-corrected chi connectivity index (χ3v) is 4.47. The number of hydrogen-bond donors (Lipinski definition) is 2. The summed E-state index contributed by atoms with van der Waals surface area (Å²) in [5.74, 6) is 0.450. The molecule has 0 atom stereocenters. The minimum Gasteiger partial charge on any atom is -0.503 e. The summed E-state index contributed by atoms with van der Waals surface area (Å²) >= 11 is 6.35. The van der Waals surface area contributed by atoms with E-state index >= 15 is 0 Å². The van der Waals surface area contributed by atoms with Crippen molar-refractivity contribution >= 4 is 11.6 Å². The van der Waals surface area contributed by atoms with Crippen LogP contribution in [-0.4, -0.2) is 18.8 Å². The van der Waals surface area contributed by atoms with Gasteiger partial charge in [-0.05, 0) is 37.0 Å². The Hall–Kier alpha value is -0.930. The van der Waals surface area contributed by atoms with Crippen molar-refractivity contribution in [1.82, 2.24) is 0 Å². The van der Waals surface area contributed by atoms with Crippen LogP contribution in [0.15, 0.2) is 6.07 Å². The van der Waals surface area contributed by atoms with E-state index < -0.39 is 0 Å². The van der Waals surface area contributed by atoms with E-state index in [-0.39, 0.29) is 11.2 Å². The lowest BCUT2D eigenvalue weighted by Crippen LogP contribution is -2.33. The number of aromatic hydroxyl groups is 1. The van der Waals surface area contributed by atoms with Crippen molar-refractivity contribution < 1.29 is 9.84 Å². The minimum absolute atomic E-state index is 0.0273. The summed E-state index contributed by atoms with van der Waals surface area (Å²) in [5, 5.41) is 10.5. The van der Waals surface area contributed by atoms with Gasteiger partial charge in [0.1, 0.15) is 0 Å². The molecule has 0 heterocycles. The van der Waals surface area contributed by atoms with Crippen LogP contribution in [0.5, 0.6) is 11.5 Å². The molecule has 18 heavy (non-hydrogen) atoms. The predicted octanol–water partition coefficient (Wildman–Crippen LogP) is 3.13. The van der Waals surface area contributed by atoms with E-state index in [0.717, 1.165) is 24.0 Å². The molecule has 3 N–H and O–H groups in total. The summed E-state index contributed by atoms with van der Waals surface area (Å²) < 4.78 is 5.13. The smallest absolute Gasteiger partial charge is 0.177 e. The number of rotatable bonds is 3. The Morgan fingerprint density at radius 1 is 1.44 bits per heavy atom. The van der Waals surface area contributed by atoms with Gasteiger partial charge in [0.25, 0.3) is 0 Å². The first-order valence-electron chi connectivity index (χ1n) is 6.32. The molecule has 1 saturated carbocycles. The normalized spacial score (nSPS) is 18.0. The zero-order valence-corrected chi connectivity index (χ0v) is 11.7. The summed E-state index contributed by atoms with van der Waals surface area (Å²) in [6.07, 6.45) is 4.41. The summed E-state index contributed by atoms with van der Waals surface area (Å²) in [5.41, 5.74) is 7.96. The van der Waals surface area contributed by atoms with E-state index in [9.17, 15) is 5.11 Å². The molecular weight excluding hydrogens is 250 g/mol. The first-order valence-corrected chi connectivity index (χ1v) is 6.70. The summed E-state index contributed by atoms with van der Waals surface area (Å²) in [7, 11) is 1.53. The Bertz CT molecular complexity index is 454. The highest BCUT2D eigenvalue weighted by Gasteiger charge is 2.38. The molecular formula is C14H20ClNO2. The van der Waals surface area contributed by atoms with Crippen molar-refractivity contribution in [3.63, 3.8) is 0 Å². The lowest BCUT2D eigenvalue weighted by Gasteiger charge is -2.31. The molecule has 3 nitrogen and oxygen atoms in total. The maximum absolute atomic E-state index is 10.1. The molecule has 1 aromatic carbocycles. The fraction of sp³-hybridized carbons (Fsp3) is 0.571. The van der Waals surface area contributed by atoms with Crippen LogP contribution in [0.3, 0.4) is 0 Å². The SMILES string of the molecule is COc1cc(C)c(C2(CN)CCCC2)c(Cl)c1O. The van der Waals surface area contributed by atoms with E-state index in [1.54, 1.807) is 0 Å². The van der Waals surface area contributed by atoms with Gasteiger partial charge in [-0.3, -0.25) is 0 Å². The maximum Gasteiger partial charge on any atom is 0.177 e. The van der Waals surface area contributed by atoms with Gasteiger partial charge in [0.05, 0.1) is 12.1 Å². The van der Waals surface area contributed by atoms with E-state index in [1.807, 2.05) is 13.0 Å². The summed E-state index contributed by atoms with van der Waals surface area (Å²) in [6.45, 7) is 2.57. The molecule has 1 fully saturated rings. The molecule has 1 aliphatic rings. The first kappa shape index (κ1) is 13.5. The van der Waals surface area contributed by atoms with Crippen molar-refractivity contribution in [2.45, 2.75) is 38.0 Å². The van der Waals surface area contributed by atoms with Gasteiger partial charge in [-0.1, -0.05) is 24.4 Å². The van der Waals surface area contributed by atoms with Crippen molar-refractivity contribution in [2.24, 2.45) is 5.73 Å². The zero-order valence-electron chi connectivity index (χ0n) is 10.9. The largest absolute Gasteiger partial charge is 0.503 e. The molecule has 0 radical (unpaired) electrons. The Morgan fingerprint density at radius 3 is 2.56 bits per heavy atom. The summed E-state index contributed by atoms with van der Waals surface area (Å²) in [6, 6.07) is 1.84. The van der Waals surface area contributed by atoms with Crippen LogP contribution >= 0.6 is 11.6 Å². The van der Waals surface area contributed by atoms with Gasteiger partial charge >= 0.3 is 0 Å². The monoisotopic (exact) mass is 269 g/mol. The van der Waals surface area contributed by atoms with Crippen molar-refractivity contribution in [3.8, 4) is 11.5 Å². The predicted molar refractivity (Wildman–Crippen MR) is 73.6 cm³/mol. The lowest BCUT2D eigenvalue weighted by atomic mass is 9.76. The second-order valence-electron chi connectivity index (χ2n) is 5.12. The van der Waals surface area contributed by atoms with Crippen LogP contribution < -0.4 is 10.5 Å². The minimum atomic E-state index is -0.0785.